The summed E-state index contributed by atoms with van der Waals surface area (Å²) in [5.74, 6) is -0.587. The van der Waals surface area contributed by atoms with Crippen LogP contribution in [-0.2, 0) is 11.3 Å². The zero-order chi connectivity index (χ0) is 12.0. The van der Waals surface area contributed by atoms with Gasteiger partial charge in [-0.2, -0.15) is 0 Å². The van der Waals surface area contributed by atoms with Gasteiger partial charge < -0.3 is 15.5 Å². The van der Waals surface area contributed by atoms with Gasteiger partial charge in [0, 0.05) is 31.5 Å². The fraction of sp³-hybridized carbons (Fsp3) is 0.444. The van der Waals surface area contributed by atoms with Crippen LogP contribution in [0.1, 0.15) is 5.56 Å². The minimum absolute atomic E-state index is 0.293. The third-order valence-electron chi connectivity index (χ3n) is 1.96. The molecule has 0 amide bonds. The van der Waals surface area contributed by atoms with Crippen LogP contribution in [0.15, 0.2) is 12.4 Å². The van der Waals surface area contributed by atoms with Crippen molar-refractivity contribution in [3.05, 3.63) is 18.0 Å². The van der Waals surface area contributed by atoms with E-state index in [4.69, 9.17) is 10.2 Å². The Labute approximate surface area is 92.5 Å². The maximum atomic E-state index is 10.6. The number of carbonyl (C=O) groups is 1. The lowest BCUT2D eigenvalue weighted by Gasteiger charge is -2.10. The molecule has 1 heterocycles. The number of carboxylic acids is 1. The second-order valence-electron chi connectivity index (χ2n) is 3.12. The normalized spacial score (nSPS) is 12.1. The molecule has 4 N–H and O–H groups in total. The number of hydrogen-bond donors (Lipinski definition) is 4. The number of hydrogen-bond acceptors (Lipinski definition) is 6. The molecule has 7 nitrogen and oxygen atoms in total. The first kappa shape index (κ1) is 12.3. The van der Waals surface area contributed by atoms with E-state index >= 15 is 0 Å². The quantitative estimate of drug-likeness (QED) is 0.495. The van der Waals surface area contributed by atoms with Gasteiger partial charge in [-0.1, -0.05) is 0 Å². The molecule has 16 heavy (non-hydrogen) atoms. The highest BCUT2D eigenvalue weighted by Gasteiger charge is 2.14. The summed E-state index contributed by atoms with van der Waals surface area (Å²) in [7, 11) is 1.71. The lowest BCUT2D eigenvalue weighted by Crippen LogP contribution is -2.39. The molecule has 0 aliphatic carbocycles. The van der Waals surface area contributed by atoms with Crippen LogP contribution in [0.3, 0.4) is 0 Å². The average molecular weight is 226 g/mol. The molecule has 0 spiro atoms. The third-order valence-corrected chi connectivity index (χ3v) is 1.96. The Morgan fingerprint density at radius 3 is 2.56 bits per heavy atom. The van der Waals surface area contributed by atoms with E-state index in [-0.39, 0.29) is 0 Å². The van der Waals surface area contributed by atoms with Crippen molar-refractivity contribution in [2.75, 3.05) is 19.0 Å². The largest absolute Gasteiger partial charge is 0.480 e. The number of nitrogens with one attached hydrogen (secondary N) is 2. The van der Waals surface area contributed by atoms with Crippen LogP contribution in [0.2, 0.25) is 0 Å². The maximum Gasteiger partial charge on any atom is 0.323 e. The summed E-state index contributed by atoms with van der Waals surface area (Å²) in [5, 5.41) is 22.9. The first-order valence-corrected chi connectivity index (χ1v) is 4.73. The van der Waals surface area contributed by atoms with Crippen molar-refractivity contribution in [3.63, 3.8) is 0 Å². The average Bonchev–Trinajstić information content (AvgIpc) is 2.30. The molecule has 0 bridgehead atoms. The van der Waals surface area contributed by atoms with Crippen molar-refractivity contribution in [2.45, 2.75) is 12.6 Å². The van der Waals surface area contributed by atoms with Gasteiger partial charge in [0.05, 0.1) is 6.61 Å². The number of rotatable bonds is 6. The van der Waals surface area contributed by atoms with E-state index in [2.05, 4.69) is 20.6 Å². The second kappa shape index (κ2) is 5.99. The molecule has 1 atom stereocenters. The summed E-state index contributed by atoms with van der Waals surface area (Å²) >= 11 is 0. The van der Waals surface area contributed by atoms with Gasteiger partial charge in [-0.15, -0.1) is 0 Å². The van der Waals surface area contributed by atoms with Crippen LogP contribution in [0.5, 0.6) is 0 Å². The van der Waals surface area contributed by atoms with Gasteiger partial charge >= 0.3 is 5.97 Å². The van der Waals surface area contributed by atoms with E-state index in [1.54, 1.807) is 19.4 Å². The molecule has 0 unspecified atom stereocenters. The van der Waals surface area contributed by atoms with Gasteiger partial charge in [-0.05, 0) is 0 Å². The highest BCUT2D eigenvalue weighted by molar-refractivity contribution is 5.73. The van der Waals surface area contributed by atoms with E-state index < -0.39 is 18.6 Å². The number of anilines is 1. The summed E-state index contributed by atoms with van der Waals surface area (Å²) in [6, 6.07) is -0.969. The summed E-state index contributed by atoms with van der Waals surface area (Å²) in [6.45, 7) is -0.160. The van der Waals surface area contributed by atoms with Gasteiger partial charge in [0.1, 0.15) is 6.04 Å². The predicted octanol–water partition coefficient (Wildman–Crippen LogP) is -0.947. The highest BCUT2D eigenvalue weighted by Crippen LogP contribution is 1.99. The summed E-state index contributed by atoms with van der Waals surface area (Å²) in [5.41, 5.74) is 0.749. The van der Waals surface area contributed by atoms with Gasteiger partial charge in [0.15, 0.2) is 0 Å². The molecule has 0 saturated heterocycles. The van der Waals surface area contributed by atoms with Crippen LogP contribution >= 0.6 is 0 Å². The fourth-order valence-corrected chi connectivity index (χ4v) is 1.05. The third kappa shape index (κ3) is 3.44. The molecule has 0 radical (unpaired) electrons. The Kier molecular flexibility index (Phi) is 4.62. The molecule has 0 aliphatic rings. The number of aliphatic hydroxyl groups is 1. The van der Waals surface area contributed by atoms with E-state index in [9.17, 15) is 4.79 Å². The predicted molar refractivity (Wildman–Crippen MR) is 56.9 cm³/mol. The van der Waals surface area contributed by atoms with Crippen LogP contribution in [0, 0.1) is 0 Å². The SMILES string of the molecule is CNc1ncc(CN[C@H](CO)C(=O)O)cn1. The monoisotopic (exact) mass is 226 g/mol. The minimum Gasteiger partial charge on any atom is -0.480 e. The second-order valence-corrected chi connectivity index (χ2v) is 3.12. The summed E-state index contributed by atoms with van der Waals surface area (Å²) in [4.78, 5) is 18.5. The van der Waals surface area contributed by atoms with E-state index in [0.717, 1.165) is 5.56 Å². The molecule has 1 aromatic heterocycles. The van der Waals surface area contributed by atoms with Gasteiger partial charge in [0.2, 0.25) is 5.95 Å². The lowest BCUT2D eigenvalue weighted by atomic mass is 10.3. The van der Waals surface area contributed by atoms with Crippen molar-refractivity contribution >= 4 is 11.9 Å². The first-order valence-electron chi connectivity index (χ1n) is 4.73. The Balaban J connectivity index is 2.50. The van der Waals surface area contributed by atoms with Crippen LogP contribution in [0.4, 0.5) is 5.95 Å². The van der Waals surface area contributed by atoms with Crippen molar-refractivity contribution in [1.29, 1.82) is 0 Å². The van der Waals surface area contributed by atoms with Crippen LogP contribution in [0.25, 0.3) is 0 Å². The first-order chi connectivity index (χ1) is 7.67. The smallest absolute Gasteiger partial charge is 0.323 e. The summed E-state index contributed by atoms with van der Waals surface area (Å²) in [6.07, 6.45) is 3.17. The molecule has 1 rings (SSSR count). The van der Waals surface area contributed by atoms with Gasteiger partial charge in [-0.3, -0.25) is 10.1 Å². The molecule has 88 valence electrons. The zero-order valence-corrected chi connectivity index (χ0v) is 8.84. The van der Waals surface area contributed by atoms with Gasteiger partial charge in [-0.25, -0.2) is 9.97 Å². The molecular weight excluding hydrogens is 212 g/mol. The number of nitrogens with zero attached hydrogens (tertiary/aromatic N) is 2. The molecule has 0 aromatic carbocycles. The Morgan fingerprint density at radius 1 is 1.50 bits per heavy atom. The molecule has 0 fully saturated rings. The van der Waals surface area contributed by atoms with Crippen molar-refractivity contribution in [1.82, 2.24) is 15.3 Å². The minimum atomic E-state index is -1.09. The molecule has 0 aliphatic heterocycles. The van der Waals surface area contributed by atoms with Crippen molar-refractivity contribution in [2.24, 2.45) is 0 Å². The van der Waals surface area contributed by atoms with Crippen LogP contribution < -0.4 is 10.6 Å². The molecule has 7 heteroatoms. The summed E-state index contributed by atoms with van der Waals surface area (Å²) < 4.78 is 0. The number of carboxylic acid groups (broad SMARTS) is 1. The molecule has 0 saturated carbocycles. The van der Waals surface area contributed by atoms with E-state index in [1.807, 2.05) is 0 Å². The Hall–Kier alpha value is -1.73. The number of aliphatic hydroxyl groups excluding tert-OH is 1. The Bertz CT molecular complexity index is 341. The molecular formula is C9H14N4O3. The van der Waals surface area contributed by atoms with E-state index in [0.29, 0.717) is 12.5 Å². The molecule has 1 aromatic rings. The van der Waals surface area contributed by atoms with Crippen molar-refractivity contribution < 1.29 is 15.0 Å². The highest BCUT2D eigenvalue weighted by atomic mass is 16.4. The zero-order valence-electron chi connectivity index (χ0n) is 8.84. The van der Waals surface area contributed by atoms with Crippen molar-refractivity contribution in [3.8, 4) is 0 Å². The maximum absolute atomic E-state index is 10.6. The number of aromatic nitrogens is 2. The van der Waals surface area contributed by atoms with Gasteiger partial charge in [0.25, 0.3) is 0 Å². The number of aliphatic carboxylic acids is 1. The van der Waals surface area contributed by atoms with E-state index in [1.165, 1.54) is 0 Å². The fourth-order valence-electron chi connectivity index (χ4n) is 1.05. The lowest BCUT2D eigenvalue weighted by molar-refractivity contribution is -0.140. The van der Waals surface area contributed by atoms with Crippen LogP contribution in [-0.4, -0.2) is 45.8 Å². The standard InChI is InChI=1S/C9H14N4O3/c1-10-9-12-3-6(4-13-9)2-11-7(5-14)8(15)16/h3-4,7,11,14H,2,5H2,1H3,(H,15,16)(H,10,12,13)/t7-/m1/s1. The Morgan fingerprint density at radius 2 is 2.12 bits per heavy atom. The topological polar surface area (TPSA) is 107 Å².